The number of hydrogen-bond acceptors (Lipinski definition) is 3. The average Bonchev–Trinajstić information content (AvgIpc) is 2.17. The van der Waals surface area contributed by atoms with Gasteiger partial charge in [-0.3, -0.25) is 9.59 Å². The van der Waals surface area contributed by atoms with Crippen molar-refractivity contribution >= 4 is 11.9 Å². The van der Waals surface area contributed by atoms with Crippen molar-refractivity contribution in [2.24, 2.45) is 11.7 Å². The van der Waals surface area contributed by atoms with Gasteiger partial charge < -0.3 is 16.2 Å². The fraction of sp³-hybridized carbons (Fsp3) is 0.818. The molecule has 5 nitrogen and oxygen atoms in total. The SMILES string of the molecule is CCC[C@@H](CN[C@@H](CC)C(N)=O)CC(=O)O. The average molecular weight is 230 g/mol. The second-order valence-corrected chi connectivity index (χ2v) is 4.02. The van der Waals surface area contributed by atoms with E-state index in [-0.39, 0.29) is 24.3 Å². The number of aliphatic carboxylic acids is 1. The molecular formula is C11H22N2O3. The zero-order valence-corrected chi connectivity index (χ0v) is 10.0. The van der Waals surface area contributed by atoms with Gasteiger partial charge >= 0.3 is 5.97 Å². The first-order valence-corrected chi connectivity index (χ1v) is 5.75. The minimum atomic E-state index is -0.799. The summed E-state index contributed by atoms with van der Waals surface area (Å²) in [4.78, 5) is 21.6. The molecular weight excluding hydrogens is 208 g/mol. The van der Waals surface area contributed by atoms with Crippen molar-refractivity contribution in [2.45, 2.75) is 45.6 Å². The summed E-state index contributed by atoms with van der Waals surface area (Å²) in [6.45, 7) is 4.41. The number of nitrogens with two attached hydrogens (primary N) is 1. The standard InChI is InChI=1S/C11H22N2O3/c1-3-5-8(6-10(14)15)7-13-9(4-2)11(12)16/h8-9,13H,3-7H2,1-2H3,(H2,12,16)(H,14,15)/t8-,9+/m1/s1. The van der Waals surface area contributed by atoms with Crippen molar-refractivity contribution in [3.05, 3.63) is 0 Å². The van der Waals surface area contributed by atoms with Crippen LogP contribution in [0.2, 0.25) is 0 Å². The molecule has 0 aliphatic rings. The van der Waals surface area contributed by atoms with Crippen LogP contribution in [0.15, 0.2) is 0 Å². The second kappa shape index (κ2) is 8.10. The van der Waals surface area contributed by atoms with Gasteiger partial charge in [-0.15, -0.1) is 0 Å². The quantitative estimate of drug-likeness (QED) is 0.544. The summed E-state index contributed by atoms with van der Waals surface area (Å²) in [6.07, 6.45) is 2.54. The van der Waals surface area contributed by atoms with Crippen molar-refractivity contribution in [1.82, 2.24) is 5.32 Å². The van der Waals surface area contributed by atoms with E-state index in [9.17, 15) is 9.59 Å². The number of nitrogens with one attached hydrogen (secondary N) is 1. The molecule has 2 atom stereocenters. The molecule has 0 aromatic carbocycles. The zero-order valence-electron chi connectivity index (χ0n) is 10.0. The molecule has 0 unspecified atom stereocenters. The highest BCUT2D eigenvalue weighted by Gasteiger charge is 2.16. The predicted molar refractivity (Wildman–Crippen MR) is 61.9 cm³/mol. The lowest BCUT2D eigenvalue weighted by Gasteiger charge is -2.18. The molecule has 4 N–H and O–H groups in total. The van der Waals surface area contributed by atoms with E-state index in [0.717, 1.165) is 12.8 Å². The molecule has 0 aliphatic carbocycles. The molecule has 94 valence electrons. The lowest BCUT2D eigenvalue weighted by atomic mass is 9.99. The maximum atomic E-state index is 11.0. The largest absolute Gasteiger partial charge is 0.481 e. The maximum absolute atomic E-state index is 11.0. The molecule has 1 amide bonds. The van der Waals surface area contributed by atoms with Gasteiger partial charge in [-0.1, -0.05) is 20.3 Å². The monoisotopic (exact) mass is 230 g/mol. The Morgan fingerprint density at radius 2 is 2.00 bits per heavy atom. The van der Waals surface area contributed by atoms with Gasteiger partial charge in [0.1, 0.15) is 0 Å². The highest BCUT2D eigenvalue weighted by atomic mass is 16.4. The van der Waals surface area contributed by atoms with Crippen molar-refractivity contribution < 1.29 is 14.7 Å². The van der Waals surface area contributed by atoms with E-state index in [1.807, 2.05) is 13.8 Å². The summed E-state index contributed by atoms with van der Waals surface area (Å²) in [5.41, 5.74) is 5.19. The van der Waals surface area contributed by atoms with Crippen LogP contribution in [-0.4, -0.2) is 29.6 Å². The van der Waals surface area contributed by atoms with Gasteiger partial charge in [-0.2, -0.15) is 0 Å². The molecule has 0 rings (SSSR count). The molecule has 0 saturated carbocycles. The third-order valence-electron chi connectivity index (χ3n) is 2.56. The molecule has 16 heavy (non-hydrogen) atoms. The Kier molecular flexibility index (Phi) is 7.54. The van der Waals surface area contributed by atoms with Crippen LogP contribution in [-0.2, 0) is 9.59 Å². The maximum Gasteiger partial charge on any atom is 0.303 e. The lowest BCUT2D eigenvalue weighted by Crippen LogP contribution is -2.43. The third-order valence-corrected chi connectivity index (χ3v) is 2.56. The number of rotatable bonds is 9. The van der Waals surface area contributed by atoms with E-state index in [2.05, 4.69) is 5.32 Å². The van der Waals surface area contributed by atoms with Crippen LogP contribution >= 0.6 is 0 Å². The first-order chi connectivity index (χ1) is 7.51. The van der Waals surface area contributed by atoms with Crippen LogP contribution in [0.25, 0.3) is 0 Å². The first-order valence-electron chi connectivity index (χ1n) is 5.75. The summed E-state index contributed by atoms with van der Waals surface area (Å²) >= 11 is 0. The number of carboxylic acids is 1. The van der Waals surface area contributed by atoms with Crippen LogP contribution < -0.4 is 11.1 Å². The van der Waals surface area contributed by atoms with E-state index in [1.165, 1.54) is 0 Å². The van der Waals surface area contributed by atoms with Gasteiger partial charge in [0.2, 0.25) is 5.91 Å². The van der Waals surface area contributed by atoms with E-state index in [0.29, 0.717) is 13.0 Å². The summed E-state index contributed by atoms with van der Waals surface area (Å²) in [5.74, 6) is -1.11. The van der Waals surface area contributed by atoms with Crippen molar-refractivity contribution in [3.8, 4) is 0 Å². The van der Waals surface area contributed by atoms with Crippen LogP contribution in [0.1, 0.15) is 39.5 Å². The number of carbonyl (C=O) groups is 2. The van der Waals surface area contributed by atoms with E-state index >= 15 is 0 Å². The number of primary amides is 1. The summed E-state index contributed by atoms with van der Waals surface area (Å²) < 4.78 is 0. The predicted octanol–water partition coefficient (Wildman–Crippen LogP) is 0.731. The van der Waals surface area contributed by atoms with Gasteiger partial charge in [-0.25, -0.2) is 0 Å². The number of carboxylic acid groups (broad SMARTS) is 1. The highest BCUT2D eigenvalue weighted by molar-refractivity contribution is 5.79. The Balaban J connectivity index is 4.08. The molecule has 0 bridgehead atoms. The van der Waals surface area contributed by atoms with Crippen LogP contribution in [0.3, 0.4) is 0 Å². The van der Waals surface area contributed by atoms with Gasteiger partial charge in [0.05, 0.1) is 6.04 Å². The Bertz CT molecular complexity index is 231. The molecule has 0 saturated heterocycles. The third kappa shape index (κ3) is 6.40. The fourth-order valence-electron chi connectivity index (χ4n) is 1.69. The molecule has 0 aliphatic heterocycles. The molecule has 0 heterocycles. The Labute approximate surface area is 96.4 Å². The molecule has 5 heteroatoms. The van der Waals surface area contributed by atoms with Crippen molar-refractivity contribution in [1.29, 1.82) is 0 Å². The van der Waals surface area contributed by atoms with Crippen LogP contribution in [0, 0.1) is 5.92 Å². The van der Waals surface area contributed by atoms with E-state index in [4.69, 9.17) is 10.8 Å². The highest BCUT2D eigenvalue weighted by Crippen LogP contribution is 2.10. The minimum absolute atomic E-state index is 0.0656. The van der Waals surface area contributed by atoms with Crippen LogP contribution in [0.4, 0.5) is 0 Å². The normalized spacial score (nSPS) is 14.4. The molecule has 0 aromatic rings. The van der Waals surface area contributed by atoms with Crippen molar-refractivity contribution in [2.75, 3.05) is 6.54 Å². The summed E-state index contributed by atoms with van der Waals surface area (Å²) in [5, 5.41) is 11.7. The molecule has 0 fully saturated rings. The first kappa shape index (κ1) is 14.9. The topological polar surface area (TPSA) is 92.4 Å². The smallest absolute Gasteiger partial charge is 0.303 e. The van der Waals surface area contributed by atoms with Gasteiger partial charge in [0.15, 0.2) is 0 Å². The van der Waals surface area contributed by atoms with Crippen molar-refractivity contribution in [3.63, 3.8) is 0 Å². The summed E-state index contributed by atoms with van der Waals surface area (Å²) in [7, 11) is 0. The Morgan fingerprint density at radius 1 is 1.38 bits per heavy atom. The Morgan fingerprint density at radius 3 is 2.38 bits per heavy atom. The van der Waals surface area contributed by atoms with Crippen LogP contribution in [0.5, 0.6) is 0 Å². The fourth-order valence-corrected chi connectivity index (χ4v) is 1.69. The van der Waals surface area contributed by atoms with Gasteiger partial charge in [0, 0.05) is 6.42 Å². The van der Waals surface area contributed by atoms with Gasteiger partial charge in [-0.05, 0) is 25.3 Å². The molecule has 0 spiro atoms. The molecule has 0 radical (unpaired) electrons. The molecule has 0 aromatic heterocycles. The number of amides is 1. The zero-order chi connectivity index (χ0) is 12.6. The lowest BCUT2D eigenvalue weighted by molar-refractivity contribution is -0.138. The minimum Gasteiger partial charge on any atom is -0.481 e. The van der Waals surface area contributed by atoms with E-state index in [1.54, 1.807) is 0 Å². The number of hydrogen-bond donors (Lipinski definition) is 3. The Hall–Kier alpha value is -1.10. The summed E-state index contributed by atoms with van der Waals surface area (Å²) in [6, 6.07) is -0.354. The van der Waals surface area contributed by atoms with E-state index < -0.39 is 5.97 Å². The number of carbonyl (C=O) groups excluding carboxylic acids is 1. The van der Waals surface area contributed by atoms with Gasteiger partial charge in [0.25, 0.3) is 0 Å². The second-order valence-electron chi connectivity index (χ2n) is 4.02.